The van der Waals surface area contributed by atoms with Gasteiger partial charge in [0.1, 0.15) is 11.8 Å². The normalized spacial score (nSPS) is 11.6. The van der Waals surface area contributed by atoms with E-state index in [0.29, 0.717) is 16.8 Å². The van der Waals surface area contributed by atoms with E-state index in [9.17, 15) is 13.2 Å². The first-order valence-corrected chi connectivity index (χ1v) is 10.0. The molecule has 9 nitrogen and oxygen atoms in total. The van der Waals surface area contributed by atoms with E-state index in [-0.39, 0.29) is 27.6 Å². The number of hydrogen-bond donors (Lipinski definition) is 1. The molecule has 0 spiro atoms. The molecule has 0 aliphatic carbocycles. The van der Waals surface area contributed by atoms with Gasteiger partial charge in [0.2, 0.25) is 14.9 Å². The van der Waals surface area contributed by atoms with Crippen molar-refractivity contribution < 1.29 is 13.2 Å². The predicted molar refractivity (Wildman–Crippen MR) is 104 cm³/mol. The summed E-state index contributed by atoms with van der Waals surface area (Å²) in [4.78, 5) is 16.5. The van der Waals surface area contributed by atoms with E-state index in [1.807, 2.05) is 13.0 Å². The highest BCUT2D eigenvalue weighted by molar-refractivity contribution is 7.91. The van der Waals surface area contributed by atoms with Crippen molar-refractivity contribution in [2.75, 3.05) is 6.61 Å². The molecule has 0 saturated heterocycles. The van der Waals surface area contributed by atoms with Crippen molar-refractivity contribution in [1.82, 2.24) is 19.8 Å². The van der Waals surface area contributed by atoms with Gasteiger partial charge < -0.3 is 4.74 Å². The maximum absolute atomic E-state index is 13.2. The molecular formula is C19H15N5O4S. The van der Waals surface area contributed by atoms with Crippen LogP contribution in [0.15, 0.2) is 51.1 Å². The minimum atomic E-state index is -4.02. The molecule has 1 N–H and O–H groups in total. The number of H-pyrrole nitrogens is 1. The second-order valence-electron chi connectivity index (χ2n) is 6.49. The number of fused-ring (bicyclic) bond motifs is 3. The first kappa shape index (κ1) is 18.6. The third-order valence-corrected chi connectivity index (χ3v) is 6.30. The fourth-order valence-corrected chi connectivity index (χ4v) is 4.66. The van der Waals surface area contributed by atoms with Crippen LogP contribution in [0.4, 0.5) is 0 Å². The lowest BCUT2D eigenvalue weighted by atomic mass is 10.2. The molecule has 0 unspecified atom stereocenters. The summed E-state index contributed by atoms with van der Waals surface area (Å²) in [6.07, 6.45) is 0. The van der Waals surface area contributed by atoms with Crippen LogP contribution in [0.25, 0.3) is 16.6 Å². The lowest BCUT2D eigenvalue weighted by Crippen LogP contribution is -2.12. The van der Waals surface area contributed by atoms with E-state index in [1.165, 1.54) is 22.7 Å². The molecule has 0 aliphatic rings. The summed E-state index contributed by atoms with van der Waals surface area (Å²) in [6.45, 7) is 3.40. The third-order valence-electron chi connectivity index (χ3n) is 4.48. The Labute approximate surface area is 165 Å². The molecule has 4 rings (SSSR count). The average Bonchev–Trinajstić information content (AvgIpc) is 3.10. The van der Waals surface area contributed by atoms with Gasteiger partial charge in [0.15, 0.2) is 12.3 Å². The van der Waals surface area contributed by atoms with Gasteiger partial charge in [0, 0.05) is 6.07 Å². The predicted octanol–water partition coefficient (Wildman–Crippen LogP) is 1.92. The Bertz CT molecular complexity index is 1480. The van der Waals surface area contributed by atoms with Crippen molar-refractivity contribution in [3.63, 3.8) is 0 Å². The topological polar surface area (TPSA) is 130 Å². The molecule has 0 atom stereocenters. The van der Waals surface area contributed by atoms with Crippen molar-refractivity contribution in [1.29, 1.82) is 5.26 Å². The number of nitrogens with one attached hydrogen (secondary N) is 1. The Morgan fingerprint density at radius 1 is 1.21 bits per heavy atom. The molecule has 0 fully saturated rings. The summed E-state index contributed by atoms with van der Waals surface area (Å²) < 4.78 is 33.0. The fraction of sp³-hybridized carbons (Fsp3) is 0.158. The minimum Gasteiger partial charge on any atom is -0.479 e. The number of sulfone groups is 1. The van der Waals surface area contributed by atoms with Gasteiger partial charge >= 0.3 is 0 Å². The van der Waals surface area contributed by atoms with Gasteiger partial charge in [-0.3, -0.25) is 4.79 Å². The number of nitrogens with zero attached hydrogens (tertiary/aromatic N) is 4. The molecule has 0 amide bonds. The Balaban J connectivity index is 1.98. The molecule has 29 heavy (non-hydrogen) atoms. The summed E-state index contributed by atoms with van der Waals surface area (Å²) in [7, 11) is -4.02. The Kier molecular flexibility index (Phi) is 4.32. The number of aromatic nitrogens is 4. The van der Waals surface area contributed by atoms with E-state index in [0.717, 1.165) is 5.56 Å². The van der Waals surface area contributed by atoms with Gasteiger partial charge in [0.05, 0.1) is 15.8 Å². The molecule has 0 aliphatic heterocycles. The molecule has 146 valence electrons. The lowest BCUT2D eigenvalue weighted by Gasteiger charge is -2.07. The van der Waals surface area contributed by atoms with Crippen LogP contribution in [0.1, 0.15) is 11.1 Å². The summed E-state index contributed by atoms with van der Waals surface area (Å²) in [5.41, 5.74) is 1.13. The van der Waals surface area contributed by atoms with Crippen LogP contribution in [0.2, 0.25) is 0 Å². The molecular weight excluding hydrogens is 394 g/mol. The number of rotatable bonds is 4. The van der Waals surface area contributed by atoms with Crippen LogP contribution in [0.5, 0.6) is 5.75 Å². The quantitative estimate of drug-likeness (QED) is 0.545. The summed E-state index contributed by atoms with van der Waals surface area (Å²) in [5, 5.41) is 15.1. The van der Waals surface area contributed by atoms with Crippen molar-refractivity contribution in [3.8, 4) is 11.8 Å². The van der Waals surface area contributed by atoms with Crippen molar-refractivity contribution in [2.45, 2.75) is 23.8 Å². The SMILES string of the molecule is Cc1ccc(S(=O)(=O)c2n[nH]n3c2nc(=O)c2ccc(OCC#N)cc23)c(C)c1. The van der Waals surface area contributed by atoms with Crippen LogP contribution >= 0.6 is 0 Å². The van der Waals surface area contributed by atoms with Crippen molar-refractivity contribution >= 4 is 26.4 Å². The number of aryl methyl sites for hydroxylation is 2. The molecule has 4 aromatic rings. The van der Waals surface area contributed by atoms with Gasteiger partial charge in [-0.1, -0.05) is 17.7 Å². The van der Waals surface area contributed by atoms with Crippen LogP contribution in [0.3, 0.4) is 0 Å². The highest BCUT2D eigenvalue weighted by Crippen LogP contribution is 2.27. The zero-order valence-electron chi connectivity index (χ0n) is 15.5. The smallest absolute Gasteiger partial charge is 0.281 e. The Hall–Kier alpha value is -3.71. The molecule has 2 heterocycles. The lowest BCUT2D eigenvalue weighted by molar-refractivity contribution is 0.368. The monoisotopic (exact) mass is 409 g/mol. The van der Waals surface area contributed by atoms with Gasteiger partial charge in [-0.2, -0.15) is 10.2 Å². The second kappa shape index (κ2) is 6.72. The highest BCUT2D eigenvalue weighted by Gasteiger charge is 2.27. The molecule has 0 radical (unpaired) electrons. The van der Waals surface area contributed by atoms with Gasteiger partial charge in [0.25, 0.3) is 5.56 Å². The standard InChI is InChI=1S/C19H15N5O4S/c1-11-3-6-16(12(2)9-11)29(26,27)19-17-21-18(25)14-5-4-13(28-8-7-20)10-15(14)24(17)23-22-19/h3-6,9-10,23H,8H2,1-2H3. The number of nitriles is 1. The molecule has 0 saturated carbocycles. The van der Waals surface area contributed by atoms with Gasteiger partial charge in [-0.05, 0) is 37.6 Å². The van der Waals surface area contributed by atoms with E-state index < -0.39 is 15.4 Å². The van der Waals surface area contributed by atoms with E-state index in [2.05, 4.69) is 15.3 Å². The molecule has 2 aromatic heterocycles. The Morgan fingerprint density at radius 2 is 2.00 bits per heavy atom. The van der Waals surface area contributed by atoms with Crippen molar-refractivity contribution in [3.05, 3.63) is 57.9 Å². The molecule has 2 aromatic carbocycles. The Morgan fingerprint density at radius 3 is 2.72 bits per heavy atom. The summed E-state index contributed by atoms with van der Waals surface area (Å²) in [5.74, 6) is 0.354. The van der Waals surface area contributed by atoms with Gasteiger partial charge in [-0.15, -0.1) is 5.10 Å². The highest BCUT2D eigenvalue weighted by atomic mass is 32.2. The van der Waals surface area contributed by atoms with Crippen LogP contribution in [-0.2, 0) is 9.84 Å². The van der Waals surface area contributed by atoms with E-state index >= 15 is 0 Å². The maximum Gasteiger partial charge on any atom is 0.281 e. The number of ether oxygens (including phenoxy) is 1. The molecule has 10 heteroatoms. The molecule has 0 bridgehead atoms. The first-order chi connectivity index (χ1) is 13.8. The number of aromatic amines is 1. The van der Waals surface area contributed by atoms with E-state index in [1.54, 1.807) is 25.1 Å². The van der Waals surface area contributed by atoms with Crippen LogP contribution < -0.4 is 10.3 Å². The van der Waals surface area contributed by atoms with Crippen LogP contribution in [0, 0.1) is 25.2 Å². The average molecular weight is 409 g/mol. The zero-order valence-corrected chi connectivity index (χ0v) is 16.3. The van der Waals surface area contributed by atoms with Crippen molar-refractivity contribution in [2.24, 2.45) is 0 Å². The minimum absolute atomic E-state index is 0.0950. The third kappa shape index (κ3) is 3.01. The number of hydrogen-bond acceptors (Lipinski definition) is 7. The summed E-state index contributed by atoms with van der Waals surface area (Å²) >= 11 is 0. The second-order valence-corrected chi connectivity index (χ2v) is 8.32. The first-order valence-electron chi connectivity index (χ1n) is 8.56. The number of benzene rings is 2. The van der Waals surface area contributed by atoms with E-state index in [4.69, 9.17) is 10.00 Å². The van der Waals surface area contributed by atoms with Crippen LogP contribution in [-0.4, -0.2) is 34.8 Å². The fourth-order valence-electron chi connectivity index (χ4n) is 3.18. The zero-order chi connectivity index (χ0) is 20.8. The maximum atomic E-state index is 13.2. The van der Waals surface area contributed by atoms with Gasteiger partial charge in [-0.25, -0.2) is 18.1 Å². The largest absolute Gasteiger partial charge is 0.479 e. The summed E-state index contributed by atoms with van der Waals surface area (Å²) in [6, 6.07) is 11.4.